The molecule has 90 valence electrons. The van der Waals surface area contributed by atoms with Crippen molar-refractivity contribution in [2.75, 3.05) is 9.01 Å². The van der Waals surface area contributed by atoms with E-state index in [1.165, 1.54) is 23.0 Å². The van der Waals surface area contributed by atoms with E-state index in [1.54, 1.807) is 0 Å². The quantitative estimate of drug-likeness (QED) is 0.512. The van der Waals surface area contributed by atoms with Gasteiger partial charge in [0.05, 0.1) is 5.69 Å². The number of nitrogens with two attached hydrogens (primary N) is 1. The minimum Gasteiger partial charge on any atom is -0.747 e. The molecular formula is C8H6FIN5O2-. The topological polar surface area (TPSA) is 100 Å². The summed E-state index contributed by atoms with van der Waals surface area (Å²) in [4.78, 5) is 3.87. The third-order valence-corrected chi connectivity index (χ3v) is 2.81. The van der Waals surface area contributed by atoms with E-state index in [1.807, 2.05) is 0 Å². The fraction of sp³-hybridized carbons (Fsp3) is 0. The molecule has 17 heavy (non-hydrogen) atoms. The maximum Gasteiger partial charge on any atom is 0.262 e. The molecule has 0 saturated heterocycles. The summed E-state index contributed by atoms with van der Waals surface area (Å²) in [6.07, 6.45) is 1.37. The first kappa shape index (κ1) is 11.9. The molecule has 0 aromatic carbocycles. The van der Waals surface area contributed by atoms with E-state index in [2.05, 4.69) is 10.1 Å². The van der Waals surface area contributed by atoms with E-state index in [4.69, 9.17) is 5.73 Å². The fourth-order valence-electron chi connectivity index (χ4n) is 1.20. The molecule has 2 heterocycles. The predicted molar refractivity (Wildman–Crippen MR) is 66.3 cm³/mol. The van der Waals surface area contributed by atoms with Gasteiger partial charge in [-0.1, -0.05) is 0 Å². The van der Waals surface area contributed by atoms with Crippen molar-refractivity contribution in [3.05, 3.63) is 35.6 Å². The molecule has 0 bridgehead atoms. The van der Waals surface area contributed by atoms with Crippen LogP contribution in [0.15, 0.2) is 24.4 Å². The van der Waals surface area contributed by atoms with Crippen LogP contribution in [0.1, 0.15) is 0 Å². The van der Waals surface area contributed by atoms with Crippen LogP contribution in [0.3, 0.4) is 0 Å². The number of hydrogen-bond acceptors (Lipinski definition) is 5. The van der Waals surface area contributed by atoms with Crippen LogP contribution in [0.25, 0.3) is 5.82 Å². The van der Waals surface area contributed by atoms with Crippen molar-refractivity contribution in [3.8, 4) is 5.82 Å². The summed E-state index contributed by atoms with van der Waals surface area (Å²) in [6, 6.07) is 3.96. The highest BCUT2D eigenvalue weighted by Crippen LogP contribution is 2.26. The minimum absolute atomic E-state index is 0.0316. The van der Waals surface area contributed by atoms with Gasteiger partial charge < -0.3 is 14.2 Å². The third kappa shape index (κ3) is 2.39. The molecule has 0 atom stereocenters. The lowest BCUT2D eigenvalue weighted by atomic mass is 10.4. The van der Waals surface area contributed by atoms with E-state index < -0.39 is 27.4 Å². The van der Waals surface area contributed by atoms with Crippen molar-refractivity contribution in [3.63, 3.8) is 0 Å². The SMILES string of the molecule is Nc1nc(-n2ccc(F)n2)ccc1N([O-])I=O. The van der Waals surface area contributed by atoms with Crippen LogP contribution in [0.5, 0.6) is 0 Å². The lowest BCUT2D eigenvalue weighted by Gasteiger charge is -2.21. The molecule has 0 aliphatic carbocycles. The Bertz CT molecular complexity index is 561. The van der Waals surface area contributed by atoms with Crippen molar-refractivity contribution < 1.29 is 7.46 Å². The van der Waals surface area contributed by atoms with Crippen LogP contribution in [-0.2, 0) is 3.07 Å². The zero-order chi connectivity index (χ0) is 12.4. The van der Waals surface area contributed by atoms with Crippen LogP contribution < -0.4 is 9.01 Å². The molecule has 0 saturated carbocycles. The van der Waals surface area contributed by atoms with Crippen molar-refractivity contribution in [1.29, 1.82) is 0 Å². The van der Waals surface area contributed by atoms with Crippen LogP contribution in [-0.4, -0.2) is 14.8 Å². The molecule has 0 amide bonds. The van der Waals surface area contributed by atoms with Gasteiger partial charge in [-0.05, 0) is 12.1 Å². The maximum atomic E-state index is 12.7. The lowest BCUT2D eigenvalue weighted by Crippen LogP contribution is -2.07. The van der Waals surface area contributed by atoms with Gasteiger partial charge in [0.15, 0.2) is 5.82 Å². The first-order chi connectivity index (χ1) is 8.11. The van der Waals surface area contributed by atoms with Gasteiger partial charge in [0, 0.05) is 12.3 Å². The standard InChI is InChI=1S/C8H6FIN5O2/c9-6-3-4-14(13-6)7-2-1-5(8(11)12-7)15(17)10-16/h1-4H,(H2,11,12)/q-1. The summed E-state index contributed by atoms with van der Waals surface area (Å²) in [6.45, 7) is 0. The van der Waals surface area contributed by atoms with E-state index >= 15 is 0 Å². The second-order valence-corrected chi connectivity index (χ2v) is 4.24. The number of nitrogen functional groups attached to an aromatic ring is 1. The normalized spacial score (nSPS) is 10.5. The summed E-state index contributed by atoms with van der Waals surface area (Å²) in [7, 11) is 0. The highest BCUT2D eigenvalue weighted by atomic mass is 127. The minimum atomic E-state index is -1.89. The van der Waals surface area contributed by atoms with Crippen molar-refractivity contribution in [2.24, 2.45) is 0 Å². The third-order valence-electron chi connectivity index (χ3n) is 1.93. The van der Waals surface area contributed by atoms with Gasteiger partial charge in [0.2, 0.25) is 5.95 Å². The molecule has 7 nitrogen and oxygen atoms in total. The van der Waals surface area contributed by atoms with Gasteiger partial charge in [0.1, 0.15) is 5.82 Å². The van der Waals surface area contributed by atoms with Gasteiger partial charge in [0.25, 0.3) is 21.5 Å². The predicted octanol–water partition coefficient (Wildman–Crippen LogP) is 1.52. The molecular weight excluding hydrogens is 344 g/mol. The van der Waals surface area contributed by atoms with Crippen LogP contribution in [0, 0.1) is 11.2 Å². The summed E-state index contributed by atoms with van der Waals surface area (Å²) in [5.41, 5.74) is 5.56. The summed E-state index contributed by atoms with van der Waals surface area (Å²) in [5.74, 6) is -0.457. The monoisotopic (exact) mass is 350 g/mol. The first-order valence-electron chi connectivity index (χ1n) is 4.34. The Morgan fingerprint density at radius 2 is 2.24 bits per heavy atom. The number of halogens is 2. The molecule has 0 aliphatic heterocycles. The maximum absolute atomic E-state index is 12.7. The van der Waals surface area contributed by atoms with Gasteiger partial charge >= 0.3 is 0 Å². The van der Waals surface area contributed by atoms with Crippen molar-refractivity contribution in [2.45, 2.75) is 0 Å². The Morgan fingerprint density at radius 3 is 2.76 bits per heavy atom. The summed E-state index contributed by atoms with van der Waals surface area (Å²) in [5, 5.41) is 14.6. The zero-order valence-electron chi connectivity index (χ0n) is 8.25. The molecule has 2 N–H and O–H groups in total. The van der Waals surface area contributed by atoms with Gasteiger partial charge in [-0.3, -0.25) is 0 Å². The molecule has 2 aromatic heterocycles. The molecule has 0 fully saturated rings. The molecule has 9 heteroatoms. The number of aromatic nitrogens is 3. The van der Waals surface area contributed by atoms with Gasteiger partial charge in [-0.2, -0.15) is 4.39 Å². The Balaban J connectivity index is 2.40. The largest absolute Gasteiger partial charge is 0.747 e. The Kier molecular flexibility index (Phi) is 3.28. The zero-order valence-corrected chi connectivity index (χ0v) is 10.4. The Morgan fingerprint density at radius 1 is 1.47 bits per heavy atom. The molecule has 0 radical (unpaired) electrons. The highest BCUT2D eigenvalue weighted by molar-refractivity contribution is 14.1. The molecule has 2 aromatic rings. The molecule has 0 aliphatic rings. The average Bonchev–Trinajstić information content (AvgIpc) is 2.75. The molecule has 2 rings (SSSR count). The number of anilines is 2. The average molecular weight is 350 g/mol. The van der Waals surface area contributed by atoms with Crippen LogP contribution >= 0.6 is 21.5 Å². The Hall–Kier alpha value is -1.62. The smallest absolute Gasteiger partial charge is 0.262 e. The number of pyridine rings is 1. The second kappa shape index (κ2) is 4.71. The number of rotatable bonds is 3. The Labute approximate surface area is 106 Å². The van der Waals surface area contributed by atoms with Crippen LogP contribution in [0.2, 0.25) is 0 Å². The molecule has 0 spiro atoms. The van der Waals surface area contributed by atoms with Gasteiger partial charge in [-0.25, -0.2) is 12.7 Å². The fourth-order valence-corrected chi connectivity index (χ4v) is 1.82. The van der Waals surface area contributed by atoms with E-state index in [0.29, 0.717) is 0 Å². The summed E-state index contributed by atoms with van der Waals surface area (Å²) >= 11 is -1.89. The highest BCUT2D eigenvalue weighted by Gasteiger charge is 2.07. The second-order valence-electron chi connectivity index (χ2n) is 2.97. The van der Waals surface area contributed by atoms with E-state index in [-0.39, 0.29) is 20.6 Å². The summed E-state index contributed by atoms with van der Waals surface area (Å²) < 4.78 is 24.7. The molecule has 0 unspecified atom stereocenters. The lowest BCUT2D eigenvalue weighted by molar-refractivity contribution is 0.565. The van der Waals surface area contributed by atoms with Crippen LogP contribution in [0.4, 0.5) is 15.9 Å². The first-order valence-corrected chi connectivity index (χ1v) is 6.19. The van der Waals surface area contributed by atoms with E-state index in [0.717, 1.165) is 6.07 Å². The number of nitrogens with zero attached hydrogens (tertiary/aromatic N) is 4. The number of hydrogen-bond donors (Lipinski definition) is 1. The van der Waals surface area contributed by atoms with Gasteiger partial charge in [-0.15, -0.1) is 5.10 Å². The van der Waals surface area contributed by atoms with E-state index in [9.17, 15) is 12.7 Å². The van der Waals surface area contributed by atoms with Crippen molar-refractivity contribution in [1.82, 2.24) is 14.8 Å². The van der Waals surface area contributed by atoms with Crippen molar-refractivity contribution >= 4 is 33.0 Å².